The molecule has 2 rings (SSSR count). The van der Waals surface area contributed by atoms with E-state index in [-0.39, 0.29) is 4.90 Å². The lowest BCUT2D eigenvalue weighted by molar-refractivity contribution is 0.287. The third-order valence-electron chi connectivity index (χ3n) is 3.51. The average molecular weight is 329 g/mol. The molecule has 7 heteroatoms. The zero-order valence-electron chi connectivity index (χ0n) is 12.3. The van der Waals surface area contributed by atoms with Crippen LogP contribution in [0.2, 0.25) is 0 Å². The van der Waals surface area contributed by atoms with Crippen LogP contribution in [0.25, 0.3) is 0 Å². The maximum atomic E-state index is 11.6. The van der Waals surface area contributed by atoms with Crippen molar-refractivity contribution in [1.29, 1.82) is 0 Å². The Bertz CT molecular complexity index is 782. The molecule has 0 spiro atoms. The zero-order valence-corrected chi connectivity index (χ0v) is 13.9. The topological polar surface area (TPSA) is 61.2 Å². The summed E-state index contributed by atoms with van der Waals surface area (Å²) in [5.41, 5.74) is 2.10. The Kier molecular flexibility index (Phi) is 4.30. The number of hydrogen-bond acceptors (Lipinski definition) is 4. The Morgan fingerprint density at radius 2 is 1.95 bits per heavy atom. The molecule has 0 saturated heterocycles. The fourth-order valence-electron chi connectivity index (χ4n) is 2.17. The van der Waals surface area contributed by atoms with Crippen molar-refractivity contribution in [3.05, 3.63) is 41.0 Å². The van der Waals surface area contributed by atoms with E-state index >= 15 is 0 Å². The van der Waals surface area contributed by atoms with E-state index in [1.807, 2.05) is 24.7 Å². The van der Waals surface area contributed by atoms with Gasteiger partial charge in [-0.15, -0.1) is 0 Å². The summed E-state index contributed by atoms with van der Waals surface area (Å²) in [5.74, 6) is 1.46. The van der Waals surface area contributed by atoms with Crippen LogP contribution in [0.15, 0.2) is 23.4 Å². The summed E-state index contributed by atoms with van der Waals surface area (Å²) in [6.07, 6.45) is 3.54. The van der Waals surface area contributed by atoms with Crippen LogP contribution in [0.4, 0.5) is 0 Å². The minimum absolute atomic E-state index is 0.128. The zero-order chi connectivity index (χ0) is 15.8. The maximum absolute atomic E-state index is 11.6. The molecule has 21 heavy (non-hydrogen) atoms. The molecule has 1 aromatic carbocycles. The molecule has 0 aliphatic carbocycles. The normalized spacial score (nSPS) is 11.7. The van der Waals surface area contributed by atoms with Gasteiger partial charge in [0.05, 0.1) is 4.90 Å². The first-order valence-electron chi connectivity index (χ1n) is 6.36. The second-order valence-corrected chi connectivity index (χ2v) is 7.49. The van der Waals surface area contributed by atoms with E-state index in [1.54, 1.807) is 26.1 Å². The summed E-state index contributed by atoms with van der Waals surface area (Å²) < 4.78 is 30.8. The fraction of sp³-hybridized carbons (Fsp3) is 0.357. The fourth-order valence-corrected chi connectivity index (χ4v) is 3.49. The molecule has 0 saturated carbocycles. The van der Waals surface area contributed by atoms with Gasteiger partial charge in [0.15, 0.2) is 0 Å². The van der Waals surface area contributed by atoms with Crippen molar-refractivity contribution in [2.45, 2.75) is 32.3 Å². The molecule has 0 bridgehead atoms. The van der Waals surface area contributed by atoms with Gasteiger partial charge >= 0.3 is 0 Å². The highest BCUT2D eigenvalue weighted by Gasteiger charge is 2.19. The van der Waals surface area contributed by atoms with Gasteiger partial charge in [-0.3, -0.25) is 0 Å². The van der Waals surface area contributed by atoms with E-state index in [0.29, 0.717) is 17.9 Å². The van der Waals surface area contributed by atoms with Gasteiger partial charge < -0.3 is 9.30 Å². The van der Waals surface area contributed by atoms with Crippen LogP contribution >= 0.6 is 10.7 Å². The van der Waals surface area contributed by atoms with Gasteiger partial charge in [-0.05, 0) is 43.5 Å². The van der Waals surface area contributed by atoms with Gasteiger partial charge in [-0.25, -0.2) is 13.4 Å². The quantitative estimate of drug-likeness (QED) is 0.810. The van der Waals surface area contributed by atoms with Crippen molar-refractivity contribution >= 4 is 19.7 Å². The molecule has 0 atom stereocenters. The van der Waals surface area contributed by atoms with E-state index < -0.39 is 9.05 Å². The van der Waals surface area contributed by atoms with E-state index in [1.165, 1.54) is 0 Å². The lowest BCUT2D eigenvalue weighted by Crippen LogP contribution is -2.07. The van der Waals surface area contributed by atoms with E-state index in [0.717, 1.165) is 17.0 Å². The minimum Gasteiger partial charge on any atom is -0.485 e. The predicted octanol–water partition coefficient (Wildman–Crippen LogP) is 2.85. The molecular weight excluding hydrogens is 312 g/mol. The Morgan fingerprint density at radius 1 is 1.29 bits per heavy atom. The Labute approximate surface area is 128 Å². The number of aromatic nitrogens is 2. The molecule has 2 aromatic rings. The van der Waals surface area contributed by atoms with Gasteiger partial charge in [0.2, 0.25) is 0 Å². The van der Waals surface area contributed by atoms with Crippen molar-refractivity contribution in [3.8, 4) is 5.75 Å². The van der Waals surface area contributed by atoms with Gasteiger partial charge in [0.1, 0.15) is 18.2 Å². The maximum Gasteiger partial charge on any atom is 0.261 e. The smallest absolute Gasteiger partial charge is 0.261 e. The number of nitrogens with zero attached hydrogens (tertiary/aromatic N) is 2. The number of rotatable bonds is 4. The molecule has 0 unspecified atom stereocenters. The SMILES string of the molecule is Cc1cc(S(=O)(=O)Cl)c(C)c(C)c1OCc1nccn1C. The second-order valence-electron chi connectivity index (χ2n) is 4.95. The summed E-state index contributed by atoms with van der Waals surface area (Å²) in [5, 5.41) is 0. The Morgan fingerprint density at radius 3 is 2.48 bits per heavy atom. The number of hydrogen-bond donors (Lipinski definition) is 0. The molecule has 1 aromatic heterocycles. The van der Waals surface area contributed by atoms with Crippen LogP contribution in [-0.4, -0.2) is 18.0 Å². The first-order chi connectivity index (χ1) is 9.71. The van der Waals surface area contributed by atoms with Gasteiger partial charge in [-0.1, -0.05) is 0 Å². The molecule has 1 heterocycles. The lowest BCUT2D eigenvalue weighted by atomic mass is 10.1. The number of aryl methyl sites for hydroxylation is 2. The highest BCUT2D eigenvalue weighted by atomic mass is 35.7. The molecule has 0 fully saturated rings. The van der Waals surface area contributed by atoms with Gasteiger partial charge in [-0.2, -0.15) is 0 Å². The van der Waals surface area contributed by atoms with Crippen LogP contribution in [0.3, 0.4) is 0 Å². The summed E-state index contributed by atoms with van der Waals surface area (Å²) in [6, 6.07) is 1.54. The van der Waals surface area contributed by atoms with Crippen molar-refractivity contribution in [1.82, 2.24) is 9.55 Å². The third kappa shape index (κ3) is 3.22. The van der Waals surface area contributed by atoms with E-state index in [2.05, 4.69) is 4.98 Å². The van der Waals surface area contributed by atoms with Crippen molar-refractivity contribution < 1.29 is 13.2 Å². The van der Waals surface area contributed by atoms with Crippen LogP contribution < -0.4 is 4.74 Å². The summed E-state index contributed by atoms with van der Waals surface area (Å²) in [6.45, 7) is 5.66. The van der Waals surface area contributed by atoms with Crippen molar-refractivity contribution in [2.24, 2.45) is 7.05 Å². The first-order valence-corrected chi connectivity index (χ1v) is 8.67. The summed E-state index contributed by atoms with van der Waals surface area (Å²) in [4.78, 5) is 4.32. The first kappa shape index (κ1) is 15.9. The van der Waals surface area contributed by atoms with Gasteiger partial charge in [0.25, 0.3) is 9.05 Å². The minimum atomic E-state index is -3.76. The summed E-state index contributed by atoms with van der Waals surface area (Å²) >= 11 is 0. The highest BCUT2D eigenvalue weighted by molar-refractivity contribution is 8.13. The second kappa shape index (κ2) is 5.69. The number of ether oxygens (including phenoxy) is 1. The molecule has 0 aliphatic heterocycles. The standard InChI is InChI=1S/C14H17ClN2O3S/c1-9-7-12(21(15,18)19)10(2)11(3)14(9)20-8-13-16-5-6-17(13)4/h5-7H,8H2,1-4H3. The Hall–Kier alpha value is -1.53. The van der Waals surface area contributed by atoms with Crippen molar-refractivity contribution in [3.63, 3.8) is 0 Å². The van der Waals surface area contributed by atoms with Crippen LogP contribution in [-0.2, 0) is 22.7 Å². The number of benzene rings is 1. The molecular formula is C14H17ClN2O3S. The van der Waals surface area contributed by atoms with Gasteiger partial charge in [0, 0.05) is 30.1 Å². The van der Waals surface area contributed by atoms with Crippen LogP contribution in [0.1, 0.15) is 22.5 Å². The monoisotopic (exact) mass is 328 g/mol. The molecule has 0 N–H and O–H groups in total. The predicted molar refractivity (Wildman–Crippen MR) is 81.2 cm³/mol. The van der Waals surface area contributed by atoms with Crippen molar-refractivity contribution in [2.75, 3.05) is 0 Å². The van der Waals surface area contributed by atoms with Crippen LogP contribution in [0.5, 0.6) is 5.75 Å². The molecule has 5 nitrogen and oxygen atoms in total. The number of halogens is 1. The van der Waals surface area contributed by atoms with Crippen LogP contribution in [0, 0.1) is 20.8 Å². The molecule has 114 valence electrons. The third-order valence-corrected chi connectivity index (χ3v) is 4.96. The summed E-state index contributed by atoms with van der Waals surface area (Å²) in [7, 11) is 3.59. The average Bonchev–Trinajstić information content (AvgIpc) is 2.78. The van der Waals surface area contributed by atoms with E-state index in [4.69, 9.17) is 15.4 Å². The molecule has 0 amide bonds. The Balaban J connectivity index is 2.38. The molecule has 0 aliphatic rings. The largest absolute Gasteiger partial charge is 0.485 e. The highest BCUT2D eigenvalue weighted by Crippen LogP contribution is 2.33. The molecule has 0 radical (unpaired) electrons. The number of imidazole rings is 1. The lowest BCUT2D eigenvalue weighted by Gasteiger charge is -2.16. The van der Waals surface area contributed by atoms with E-state index in [9.17, 15) is 8.42 Å².